The average molecular weight is 375 g/mol. The third kappa shape index (κ3) is 3.54. The van der Waals surface area contributed by atoms with Crippen molar-refractivity contribution < 1.29 is 4.74 Å². The first kappa shape index (κ1) is 17.1. The molecule has 0 spiro atoms. The number of rotatable bonds is 6. The van der Waals surface area contributed by atoms with Crippen LogP contribution in [0, 0.1) is 0 Å². The molecule has 6 nitrogen and oxygen atoms in total. The molecule has 1 fully saturated rings. The van der Waals surface area contributed by atoms with Crippen LogP contribution < -0.4 is 10.1 Å². The fraction of sp³-hybridized carbons (Fsp3) is 0.364. The molecule has 6 heteroatoms. The minimum atomic E-state index is 0.569. The summed E-state index contributed by atoms with van der Waals surface area (Å²) in [5.74, 6) is 2.15. The van der Waals surface area contributed by atoms with Gasteiger partial charge in [0.25, 0.3) is 0 Å². The van der Waals surface area contributed by atoms with Gasteiger partial charge in [-0.3, -0.25) is 0 Å². The molecule has 5 rings (SSSR count). The first-order valence-electron chi connectivity index (χ1n) is 10.0. The van der Waals surface area contributed by atoms with Crippen molar-refractivity contribution in [2.75, 3.05) is 18.9 Å². The second-order valence-electron chi connectivity index (χ2n) is 7.71. The zero-order valence-corrected chi connectivity index (χ0v) is 16.1. The Balaban J connectivity index is 1.48. The molecule has 0 saturated heterocycles. The maximum absolute atomic E-state index is 6.17. The maximum Gasteiger partial charge on any atom is 0.239 e. The summed E-state index contributed by atoms with van der Waals surface area (Å²) in [7, 11) is 2.08. The van der Waals surface area contributed by atoms with Crippen LogP contribution in [0.1, 0.15) is 42.9 Å². The number of nitrogens with zero attached hydrogens (tertiary/aromatic N) is 4. The van der Waals surface area contributed by atoms with Crippen LogP contribution in [0.3, 0.4) is 0 Å². The molecule has 0 bridgehead atoms. The van der Waals surface area contributed by atoms with E-state index >= 15 is 0 Å². The Kier molecular flexibility index (Phi) is 4.39. The zero-order valence-electron chi connectivity index (χ0n) is 16.1. The molecule has 3 aromatic rings. The van der Waals surface area contributed by atoms with Crippen LogP contribution in [-0.2, 0) is 6.54 Å². The number of hydrogen-bond donors (Lipinski definition) is 1. The van der Waals surface area contributed by atoms with Gasteiger partial charge in [0.05, 0.1) is 17.6 Å². The van der Waals surface area contributed by atoms with Crippen molar-refractivity contribution >= 4 is 11.3 Å². The maximum atomic E-state index is 6.17. The highest BCUT2D eigenvalue weighted by Gasteiger charge is 2.28. The second kappa shape index (κ2) is 7.19. The summed E-state index contributed by atoms with van der Waals surface area (Å²) >= 11 is 0. The molecular formula is C22H25N5O. The standard InChI is InChI=1S/C22H25N5O/c1-26-11-5-8-18(15-26)28-21-12-19(23-13-16-6-3-2-4-7-16)22-24-14-20(17-9-10-17)27(22)25-21/h2-4,6-7,12,14-15,17,23H,5,8-11,13H2,1H3. The van der Waals surface area contributed by atoms with Crippen molar-refractivity contribution in [3.63, 3.8) is 0 Å². The molecule has 1 saturated carbocycles. The average Bonchev–Trinajstić information content (AvgIpc) is 3.46. The Bertz CT molecular complexity index is 1010. The molecule has 2 aromatic heterocycles. The van der Waals surface area contributed by atoms with Gasteiger partial charge in [0.1, 0.15) is 5.76 Å². The van der Waals surface area contributed by atoms with Gasteiger partial charge in [-0.1, -0.05) is 30.3 Å². The van der Waals surface area contributed by atoms with Gasteiger partial charge in [0.2, 0.25) is 5.88 Å². The van der Waals surface area contributed by atoms with Gasteiger partial charge in [0, 0.05) is 44.7 Å². The van der Waals surface area contributed by atoms with Gasteiger partial charge in [-0.15, -0.1) is 5.10 Å². The Morgan fingerprint density at radius 3 is 2.86 bits per heavy atom. The Hall–Kier alpha value is -3.02. The van der Waals surface area contributed by atoms with Gasteiger partial charge < -0.3 is 15.0 Å². The number of imidazole rings is 1. The Morgan fingerprint density at radius 2 is 2.07 bits per heavy atom. The SMILES string of the molecule is CN1C=C(Oc2cc(NCc3ccccc3)c3ncc(C4CC4)n3n2)CCC1. The van der Waals surface area contributed by atoms with E-state index in [4.69, 9.17) is 9.84 Å². The fourth-order valence-corrected chi connectivity index (χ4v) is 3.68. The molecule has 144 valence electrons. The van der Waals surface area contributed by atoms with E-state index in [0.29, 0.717) is 11.8 Å². The number of fused-ring (bicyclic) bond motifs is 1. The van der Waals surface area contributed by atoms with Crippen LogP contribution in [0.2, 0.25) is 0 Å². The topological polar surface area (TPSA) is 54.7 Å². The lowest BCUT2D eigenvalue weighted by Crippen LogP contribution is -2.20. The largest absolute Gasteiger partial charge is 0.440 e. The number of anilines is 1. The molecule has 1 aliphatic heterocycles. The molecule has 28 heavy (non-hydrogen) atoms. The third-order valence-corrected chi connectivity index (χ3v) is 5.33. The van der Waals surface area contributed by atoms with Crippen LogP contribution >= 0.6 is 0 Å². The predicted octanol–water partition coefficient (Wildman–Crippen LogP) is 4.16. The van der Waals surface area contributed by atoms with Crippen molar-refractivity contribution in [1.82, 2.24) is 19.5 Å². The minimum Gasteiger partial charge on any atom is -0.440 e. The molecular weight excluding hydrogens is 350 g/mol. The Morgan fingerprint density at radius 1 is 1.21 bits per heavy atom. The van der Waals surface area contributed by atoms with Crippen LogP contribution in [-0.4, -0.2) is 33.1 Å². The van der Waals surface area contributed by atoms with Gasteiger partial charge in [0.15, 0.2) is 5.65 Å². The summed E-state index contributed by atoms with van der Waals surface area (Å²) in [4.78, 5) is 6.82. The molecule has 2 aliphatic rings. The van der Waals surface area contributed by atoms with Gasteiger partial charge in [-0.05, 0) is 24.8 Å². The summed E-state index contributed by atoms with van der Waals surface area (Å²) in [5, 5.41) is 8.29. The van der Waals surface area contributed by atoms with Crippen molar-refractivity contribution in [1.29, 1.82) is 0 Å². The molecule has 3 heterocycles. The lowest BCUT2D eigenvalue weighted by Gasteiger charge is -2.22. The molecule has 1 aliphatic carbocycles. The summed E-state index contributed by atoms with van der Waals surface area (Å²) in [6.07, 6.45) is 8.50. The van der Waals surface area contributed by atoms with Crippen molar-refractivity contribution in [3.05, 3.63) is 65.8 Å². The lowest BCUT2D eigenvalue weighted by molar-refractivity contribution is 0.314. The number of aromatic nitrogens is 3. The number of ether oxygens (including phenoxy) is 1. The van der Waals surface area contributed by atoms with Gasteiger partial charge in [-0.25, -0.2) is 9.50 Å². The van der Waals surface area contributed by atoms with Crippen LogP contribution in [0.4, 0.5) is 5.69 Å². The van der Waals surface area contributed by atoms with E-state index in [1.807, 2.05) is 22.8 Å². The van der Waals surface area contributed by atoms with E-state index < -0.39 is 0 Å². The predicted molar refractivity (Wildman–Crippen MR) is 109 cm³/mol. The summed E-state index contributed by atoms with van der Waals surface area (Å²) < 4.78 is 8.14. The van der Waals surface area contributed by atoms with E-state index in [2.05, 4.69) is 52.7 Å². The Labute approximate surface area is 164 Å². The number of allylic oxidation sites excluding steroid dienone is 1. The monoisotopic (exact) mass is 375 g/mol. The van der Waals surface area contributed by atoms with Gasteiger partial charge >= 0.3 is 0 Å². The lowest BCUT2D eigenvalue weighted by atomic mass is 10.2. The zero-order chi connectivity index (χ0) is 18.9. The van der Waals surface area contributed by atoms with E-state index in [0.717, 1.165) is 43.0 Å². The first-order chi connectivity index (χ1) is 13.8. The highest BCUT2D eigenvalue weighted by molar-refractivity contribution is 5.69. The van der Waals surface area contributed by atoms with E-state index in [1.54, 1.807) is 0 Å². The van der Waals surface area contributed by atoms with Crippen molar-refractivity contribution in [2.45, 2.75) is 38.1 Å². The molecule has 0 radical (unpaired) electrons. The molecule has 0 amide bonds. The van der Waals surface area contributed by atoms with E-state index in [1.165, 1.54) is 24.1 Å². The first-order valence-corrected chi connectivity index (χ1v) is 10.0. The quantitative estimate of drug-likeness (QED) is 0.701. The highest BCUT2D eigenvalue weighted by atomic mass is 16.5. The molecule has 1 aromatic carbocycles. The molecule has 1 N–H and O–H groups in total. The summed E-state index contributed by atoms with van der Waals surface area (Å²) in [5.41, 5.74) is 4.22. The van der Waals surface area contributed by atoms with Gasteiger partial charge in [-0.2, -0.15) is 0 Å². The minimum absolute atomic E-state index is 0.569. The van der Waals surface area contributed by atoms with Crippen LogP contribution in [0.25, 0.3) is 5.65 Å². The second-order valence-corrected chi connectivity index (χ2v) is 7.71. The van der Waals surface area contributed by atoms with Crippen molar-refractivity contribution in [2.24, 2.45) is 0 Å². The van der Waals surface area contributed by atoms with Crippen LogP contribution in [0.5, 0.6) is 5.88 Å². The fourth-order valence-electron chi connectivity index (χ4n) is 3.68. The van der Waals surface area contributed by atoms with E-state index in [-0.39, 0.29) is 0 Å². The molecule has 0 unspecified atom stereocenters. The molecule has 0 atom stereocenters. The summed E-state index contributed by atoms with van der Waals surface area (Å²) in [6.45, 7) is 1.80. The van der Waals surface area contributed by atoms with Crippen LogP contribution in [0.15, 0.2) is 54.6 Å². The van der Waals surface area contributed by atoms with Crippen molar-refractivity contribution in [3.8, 4) is 5.88 Å². The smallest absolute Gasteiger partial charge is 0.239 e. The number of hydrogen-bond acceptors (Lipinski definition) is 5. The highest BCUT2D eigenvalue weighted by Crippen LogP contribution is 2.40. The van der Waals surface area contributed by atoms with E-state index in [9.17, 15) is 0 Å². The number of benzene rings is 1. The number of nitrogens with one attached hydrogen (secondary N) is 1. The summed E-state index contributed by atoms with van der Waals surface area (Å²) in [6, 6.07) is 12.4. The third-order valence-electron chi connectivity index (χ3n) is 5.33. The normalized spacial score (nSPS) is 16.9.